The van der Waals surface area contributed by atoms with Crippen molar-refractivity contribution in [1.29, 1.82) is 0 Å². The molecule has 0 atom stereocenters. The summed E-state index contributed by atoms with van der Waals surface area (Å²) in [6.45, 7) is 4.40. The van der Waals surface area contributed by atoms with E-state index in [0.29, 0.717) is 19.7 Å². The summed E-state index contributed by atoms with van der Waals surface area (Å²) >= 11 is 1.44. The van der Waals surface area contributed by atoms with Crippen molar-refractivity contribution in [2.24, 2.45) is 0 Å². The number of hydrogen-bond donors (Lipinski definition) is 0. The van der Waals surface area contributed by atoms with Crippen LogP contribution in [0.4, 0.5) is 4.79 Å². The smallest absolute Gasteiger partial charge is 0.409 e. The molecule has 0 aromatic heterocycles. The number of carbonyl (C=O) groups is 3. The summed E-state index contributed by atoms with van der Waals surface area (Å²) in [6, 6.07) is 16.6. The average Bonchev–Trinajstić information content (AvgIpc) is 3.09. The Kier molecular flexibility index (Phi) is 6.46. The van der Waals surface area contributed by atoms with Gasteiger partial charge in [-0.3, -0.25) is 9.59 Å². The first-order valence-corrected chi connectivity index (χ1v) is 11.7. The van der Waals surface area contributed by atoms with E-state index in [1.54, 1.807) is 4.90 Å². The van der Waals surface area contributed by atoms with E-state index in [1.807, 2.05) is 24.3 Å². The number of Topliss-reactive ketones (excluding diaryl/α,β-unsaturated/α-hetero) is 2. The van der Waals surface area contributed by atoms with Gasteiger partial charge < -0.3 is 9.64 Å². The molecule has 1 heterocycles. The minimum atomic E-state index is -0.592. The molecule has 2 aromatic rings. The van der Waals surface area contributed by atoms with Crippen molar-refractivity contribution in [1.82, 2.24) is 4.90 Å². The van der Waals surface area contributed by atoms with Gasteiger partial charge >= 0.3 is 6.09 Å². The lowest BCUT2D eigenvalue weighted by molar-refractivity contribution is -0.123. The van der Waals surface area contributed by atoms with Crippen LogP contribution in [-0.2, 0) is 14.3 Å². The summed E-state index contributed by atoms with van der Waals surface area (Å²) in [6.07, 6.45) is 1.22. The van der Waals surface area contributed by atoms with Gasteiger partial charge in [0.05, 0.1) is 0 Å². The lowest BCUT2D eigenvalue weighted by atomic mass is 9.98. The molecule has 5 nitrogen and oxygen atoms in total. The Labute approximate surface area is 187 Å². The van der Waals surface area contributed by atoms with E-state index in [0.717, 1.165) is 12.8 Å². The molecule has 31 heavy (non-hydrogen) atoms. The van der Waals surface area contributed by atoms with Gasteiger partial charge in [-0.15, -0.1) is 11.8 Å². The number of fused-ring (bicyclic) bond motifs is 3. The van der Waals surface area contributed by atoms with Gasteiger partial charge in [0.1, 0.15) is 23.4 Å². The molecule has 0 saturated carbocycles. The van der Waals surface area contributed by atoms with Crippen molar-refractivity contribution < 1.29 is 19.1 Å². The second-order valence-corrected chi connectivity index (χ2v) is 9.64. The number of likely N-dealkylation sites (tertiary alicyclic amines) is 1. The zero-order chi connectivity index (χ0) is 22.0. The summed E-state index contributed by atoms with van der Waals surface area (Å²) < 4.78 is 5.74. The molecular weight excluding hydrogens is 410 g/mol. The number of amides is 1. The van der Waals surface area contributed by atoms with E-state index in [-0.39, 0.29) is 28.8 Å². The molecule has 4 rings (SSSR count). The van der Waals surface area contributed by atoms with Crippen LogP contribution in [0.1, 0.15) is 43.7 Å². The number of nitrogens with zero attached hydrogens (tertiary/aromatic N) is 1. The first kappa shape index (κ1) is 21.6. The number of piperidine rings is 1. The molecule has 1 aliphatic heterocycles. The Balaban J connectivity index is 1.33. The third-order valence-electron chi connectivity index (χ3n) is 6.10. The number of ketones is 2. The van der Waals surface area contributed by atoms with Crippen molar-refractivity contribution >= 4 is 29.4 Å². The lowest BCUT2D eigenvalue weighted by Crippen LogP contribution is -2.41. The monoisotopic (exact) mass is 437 g/mol. The van der Waals surface area contributed by atoms with E-state index >= 15 is 0 Å². The molecule has 0 N–H and O–H groups in total. The van der Waals surface area contributed by atoms with Gasteiger partial charge in [0.25, 0.3) is 0 Å². The van der Waals surface area contributed by atoms with E-state index < -0.39 is 5.25 Å². The van der Waals surface area contributed by atoms with Crippen LogP contribution in [0.3, 0.4) is 0 Å². The number of thioether (sulfide) groups is 1. The molecular formula is C25H27NO4S. The summed E-state index contributed by atoms with van der Waals surface area (Å²) in [5, 5.41) is -0.388. The van der Waals surface area contributed by atoms with E-state index in [1.165, 1.54) is 47.9 Å². The van der Waals surface area contributed by atoms with Gasteiger partial charge in [-0.05, 0) is 48.9 Å². The lowest BCUT2D eigenvalue weighted by Gasteiger charge is -2.32. The fourth-order valence-corrected chi connectivity index (χ4v) is 5.78. The molecule has 0 spiro atoms. The Morgan fingerprint density at radius 3 is 1.97 bits per heavy atom. The van der Waals surface area contributed by atoms with Gasteiger partial charge in [-0.25, -0.2) is 4.79 Å². The van der Waals surface area contributed by atoms with Crippen molar-refractivity contribution in [2.45, 2.75) is 43.1 Å². The highest BCUT2D eigenvalue weighted by atomic mass is 32.2. The van der Waals surface area contributed by atoms with Gasteiger partial charge in [0.2, 0.25) is 0 Å². The molecule has 6 heteroatoms. The highest BCUT2D eigenvalue weighted by Crippen LogP contribution is 2.44. The Morgan fingerprint density at radius 2 is 1.45 bits per heavy atom. The van der Waals surface area contributed by atoms with Crippen molar-refractivity contribution in [3.8, 4) is 11.1 Å². The second-order valence-electron chi connectivity index (χ2n) is 8.23. The van der Waals surface area contributed by atoms with Crippen LogP contribution in [0.5, 0.6) is 0 Å². The minimum absolute atomic E-state index is 0.0522. The molecule has 1 amide bonds. The Morgan fingerprint density at radius 1 is 0.935 bits per heavy atom. The van der Waals surface area contributed by atoms with Crippen LogP contribution in [0.25, 0.3) is 11.1 Å². The molecule has 1 saturated heterocycles. The fourth-order valence-electron chi connectivity index (χ4n) is 4.53. The molecule has 0 radical (unpaired) electrons. The normalized spacial score (nSPS) is 16.2. The van der Waals surface area contributed by atoms with Gasteiger partial charge in [-0.2, -0.15) is 0 Å². The molecule has 0 unspecified atom stereocenters. The number of hydrogen-bond acceptors (Lipinski definition) is 5. The first-order valence-electron chi connectivity index (χ1n) is 10.7. The molecule has 1 fully saturated rings. The predicted molar refractivity (Wildman–Crippen MR) is 122 cm³/mol. The summed E-state index contributed by atoms with van der Waals surface area (Å²) in [4.78, 5) is 37.8. The van der Waals surface area contributed by atoms with Crippen molar-refractivity contribution in [2.75, 3.05) is 19.7 Å². The summed E-state index contributed by atoms with van der Waals surface area (Å²) in [5.74, 6) is -0.149. The van der Waals surface area contributed by atoms with Gasteiger partial charge in [0, 0.05) is 24.3 Å². The van der Waals surface area contributed by atoms with Crippen LogP contribution in [0.2, 0.25) is 0 Å². The minimum Gasteiger partial charge on any atom is -0.448 e. The Bertz CT molecular complexity index is 937. The highest BCUT2D eigenvalue weighted by Gasteiger charge is 2.32. The molecule has 1 aliphatic carbocycles. The van der Waals surface area contributed by atoms with Crippen LogP contribution < -0.4 is 0 Å². The average molecular weight is 438 g/mol. The summed E-state index contributed by atoms with van der Waals surface area (Å²) in [5.41, 5.74) is 4.82. The van der Waals surface area contributed by atoms with Crippen molar-refractivity contribution in [3.63, 3.8) is 0 Å². The van der Waals surface area contributed by atoms with Gasteiger partial charge in [0.15, 0.2) is 0 Å². The number of carbonyl (C=O) groups excluding carboxylic acids is 3. The maximum absolute atomic E-state index is 12.7. The number of ether oxygens (including phenoxy) is 1. The van der Waals surface area contributed by atoms with Crippen LogP contribution >= 0.6 is 11.8 Å². The Hall–Kier alpha value is -2.60. The largest absolute Gasteiger partial charge is 0.448 e. The third kappa shape index (κ3) is 4.54. The topological polar surface area (TPSA) is 63.7 Å². The maximum atomic E-state index is 12.7. The van der Waals surface area contributed by atoms with Crippen molar-refractivity contribution in [3.05, 3.63) is 59.7 Å². The fraction of sp³-hybridized carbons (Fsp3) is 0.400. The maximum Gasteiger partial charge on any atom is 0.409 e. The highest BCUT2D eigenvalue weighted by molar-refractivity contribution is 8.01. The van der Waals surface area contributed by atoms with E-state index in [2.05, 4.69) is 24.3 Å². The van der Waals surface area contributed by atoms with Gasteiger partial charge in [-0.1, -0.05) is 48.5 Å². The molecule has 2 aliphatic rings. The first-order chi connectivity index (χ1) is 15.0. The SMILES string of the molecule is CC(=O)C(SC1CCN(C(=O)OCC2c3ccccc3-c3ccccc32)CC1)C(C)=O. The summed E-state index contributed by atoms with van der Waals surface area (Å²) in [7, 11) is 0. The standard InChI is InChI=1S/C25H27NO4S/c1-16(27)24(17(2)28)31-18-11-13-26(14-12-18)25(29)30-15-23-21-9-5-3-7-19(21)20-8-4-6-10-22(20)23/h3-10,18,23-24H,11-15H2,1-2H3. The second kappa shape index (κ2) is 9.27. The zero-order valence-corrected chi connectivity index (χ0v) is 18.7. The zero-order valence-electron chi connectivity index (χ0n) is 17.9. The van der Waals surface area contributed by atoms with Crippen LogP contribution in [0, 0.1) is 0 Å². The molecule has 0 bridgehead atoms. The number of benzene rings is 2. The molecule has 162 valence electrons. The molecule has 2 aromatic carbocycles. The number of rotatable bonds is 6. The quantitative estimate of drug-likeness (QED) is 0.614. The third-order valence-corrected chi connectivity index (χ3v) is 7.90. The van der Waals surface area contributed by atoms with Crippen LogP contribution in [0.15, 0.2) is 48.5 Å². The predicted octanol–water partition coefficient (Wildman–Crippen LogP) is 4.68. The van der Waals surface area contributed by atoms with E-state index in [9.17, 15) is 14.4 Å². The van der Waals surface area contributed by atoms with Crippen LogP contribution in [-0.4, -0.2) is 52.8 Å². The van der Waals surface area contributed by atoms with E-state index in [4.69, 9.17) is 4.74 Å².